The van der Waals surface area contributed by atoms with Crippen LogP contribution >= 0.6 is 0 Å². The molecule has 0 aliphatic carbocycles. The Morgan fingerprint density at radius 1 is 1.24 bits per heavy atom. The van der Waals surface area contributed by atoms with E-state index in [0.29, 0.717) is 23.6 Å². The van der Waals surface area contributed by atoms with Crippen molar-refractivity contribution in [2.45, 2.75) is 20.5 Å². The molecule has 0 aliphatic heterocycles. The Kier molecular flexibility index (Phi) is 4.22. The number of nitrogens with zero attached hydrogens (tertiary/aromatic N) is 4. The van der Waals surface area contributed by atoms with E-state index in [1.807, 2.05) is 26.0 Å². The first-order valence-corrected chi connectivity index (χ1v) is 7.47. The minimum absolute atomic E-state index is 0.00791. The molecule has 0 radical (unpaired) electrons. The van der Waals surface area contributed by atoms with Gasteiger partial charge in [-0.25, -0.2) is 4.98 Å². The highest BCUT2D eigenvalue weighted by Gasteiger charge is 2.14. The molecule has 0 amide bonds. The maximum Gasteiger partial charge on any atom is 0.222 e. The van der Waals surface area contributed by atoms with Gasteiger partial charge in [-0.2, -0.15) is 10.2 Å². The molecule has 0 fully saturated rings. The normalized spacial score (nSPS) is 10.4. The van der Waals surface area contributed by atoms with Crippen LogP contribution in [0.2, 0.25) is 0 Å². The van der Waals surface area contributed by atoms with Crippen LogP contribution in [0.5, 0.6) is 5.75 Å². The molecule has 0 spiro atoms. The molecule has 0 saturated carbocycles. The summed E-state index contributed by atoms with van der Waals surface area (Å²) in [6.45, 7) is 4.02. The quantitative estimate of drug-likeness (QED) is 0.740. The first-order chi connectivity index (χ1) is 12.0. The molecule has 3 rings (SSSR count). The predicted octanol–water partition coefficient (Wildman–Crippen LogP) is 2.36. The smallest absolute Gasteiger partial charge is 0.222 e. The number of hydrogen-bond donors (Lipinski definition) is 2. The monoisotopic (exact) mass is 336 g/mol. The maximum atomic E-state index is 9.31. The Balaban J connectivity index is 1.92. The summed E-state index contributed by atoms with van der Waals surface area (Å²) in [6, 6.07) is 9.18. The Morgan fingerprint density at radius 3 is 2.72 bits per heavy atom. The number of aryl methyl sites for hydroxylation is 2. The molecule has 0 aliphatic rings. The van der Waals surface area contributed by atoms with E-state index >= 15 is 0 Å². The van der Waals surface area contributed by atoms with Gasteiger partial charge in [0.25, 0.3) is 0 Å². The van der Waals surface area contributed by atoms with Crippen molar-refractivity contribution in [3.63, 3.8) is 0 Å². The predicted molar refractivity (Wildman–Crippen MR) is 91.3 cm³/mol. The average molecular weight is 336 g/mol. The molecular formula is C17H16N6O2. The largest absolute Gasteiger partial charge is 0.489 e. The van der Waals surface area contributed by atoms with Gasteiger partial charge in [-0.05, 0) is 26.0 Å². The summed E-state index contributed by atoms with van der Waals surface area (Å²) in [5.41, 5.74) is 14.3. The lowest BCUT2D eigenvalue weighted by Crippen LogP contribution is -2.05. The third kappa shape index (κ3) is 3.21. The van der Waals surface area contributed by atoms with Crippen LogP contribution in [0.4, 0.5) is 11.8 Å². The van der Waals surface area contributed by atoms with Crippen molar-refractivity contribution in [2.75, 3.05) is 11.5 Å². The first kappa shape index (κ1) is 16.3. The molecule has 25 heavy (non-hydrogen) atoms. The van der Waals surface area contributed by atoms with E-state index in [1.54, 1.807) is 18.2 Å². The fourth-order valence-electron chi connectivity index (χ4n) is 2.41. The molecule has 0 unspecified atom stereocenters. The summed E-state index contributed by atoms with van der Waals surface area (Å²) in [7, 11) is 0. The first-order valence-electron chi connectivity index (χ1n) is 7.47. The van der Waals surface area contributed by atoms with Gasteiger partial charge in [-0.15, -0.1) is 0 Å². The van der Waals surface area contributed by atoms with Crippen molar-refractivity contribution < 1.29 is 9.26 Å². The standard InChI is InChI=1S/C17H16N6O2/c1-9-14(10(2)25-23-9)8-24-12-5-3-4-11(6-12)15-13(7-18)16(19)22-17(20)21-15/h3-6H,8H2,1-2H3,(H4,19,20,21,22). The Labute approximate surface area is 144 Å². The van der Waals surface area contributed by atoms with Gasteiger partial charge in [-0.3, -0.25) is 0 Å². The van der Waals surface area contributed by atoms with Gasteiger partial charge in [0.15, 0.2) is 0 Å². The third-order valence-corrected chi connectivity index (χ3v) is 3.74. The Hall–Kier alpha value is -3.60. The Morgan fingerprint density at radius 2 is 2.04 bits per heavy atom. The number of anilines is 2. The highest BCUT2D eigenvalue weighted by atomic mass is 16.5. The van der Waals surface area contributed by atoms with Crippen molar-refractivity contribution >= 4 is 11.8 Å². The molecule has 0 bridgehead atoms. The van der Waals surface area contributed by atoms with Crippen LogP contribution < -0.4 is 16.2 Å². The van der Waals surface area contributed by atoms with E-state index in [-0.39, 0.29) is 17.3 Å². The number of aromatic nitrogens is 3. The molecule has 1 aromatic carbocycles. The second-order valence-electron chi connectivity index (χ2n) is 5.42. The minimum atomic E-state index is 0.00791. The van der Waals surface area contributed by atoms with Gasteiger partial charge in [0, 0.05) is 5.56 Å². The van der Waals surface area contributed by atoms with E-state index in [1.165, 1.54) is 0 Å². The summed E-state index contributed by atoms with van der Waals surface area (Å²) in [6.07, 6.45) is 0. The zero-order chi connectivity index (χ0) is 18.0. The van der Waals surface area contributed by atoms with Crippen LogP contribution in [-0.2, 0) is 6.61 Å². The van der Waals surface area contributed by atoms with Crippen molar-refractivity contribution in [2.24, 2.45) is 0 Å². The van der Waals surface area contributed by atoms with Crippen LogP contribution in [0, 0.1) is 25.2 Å². The molecule has 2 aromatic heterocycles. The van der Waals surface area contributed by atoms with E-state index in [2.05, 4.69) is 15.1 Å². The van der Waals surface area contributed by atoms with Crippen LogP contribution in [0.15, 0.2) is 28.8 Å². The lowest BCUT2D eigenvalue weighted by Gasteiger charge is -2.10. The fraction of sp³-hybridized carbons (Fsp3) is 0.176. The van der Waals surface area contributed by atoms with Crippen LogP contribution in [0.1, 0.15) is 22.6 Å². The summed E-state index contributed by atoms with van der Waals surface area (Å²) in [5, 5.41) is 13.2. The second kappa shape index (κ2) is 6.49. The molecule has 4 N–H and O–H groups in total. The summed E-state index contributed by atoms with van der Waals surface area (Å²) >= 11 is 0. The van der Waals surface area contributed by atoms with E-state index < -0.39 is 0 Å². The highest BCUT2D eigenvalue weighted by Crippen LogP contribution is 2.28. The number of nitriles is 1. The molecule has 8 heteroatoms. The molecular weight excluding hydrogens is 320 g/mol. The SMILES string of the molecule is Cc1noc(C)c1COc1cccc(-c2nc(N)nc(N)c2C#N)c1. The van der Waals surface area contributed by atoms with Crippen molar-refractivity contribution in [1.82, 2.24) is 15.1 Å². The van der Waals surface area contributed by atoms with Crippen LogP contribution in [0.25, 0.3) is 11.3 Å². The summed E-state index contributed by atoms with van der Waals surface area (Å²) in [5.74, 6) is 1.38. The molecule has 0 atom stereocenters. The number of nitrogen functional groups attached to an aromatic ring is 2. The number of nitrogens with two attached hydrogens (primary N) is 2. The van der Waals surface area contributed by atoms with Gasteiger partial charge in [0.05, 0.1) is 17.0 Å². The highest BCUT2D eigenvalue weighted by molar-refractivity contribution is 5.73. The number of benzene rings is 1. The molecule has 126 valence electrons. The van der Waals surface area contributed by atoms with Gasteiger partial charge in [0.2, 0.25) is 5.95 Å². The number of rotatable bonds is 4. The molecule has 2 heterocycles. The number of hydrogen-bond acceptors (Lipinski definition) is 8. The lowest BCUT2D eigenvalue weighted by atomic mass is 10.1. The fourth-order valence-corrected chi connectivity index (χ4v) is 2.41. The van der Waals surface area contributed by atoms with Crippen molar-refractivity contribution in [3.8, 4) is 23.1 Å². The maximum absolute atomic E-state index is 9.31. The second-order valence-corrected chi connectivity index (χ2v) is 5.42. The van der Waals surface area contributed by atoms with Gasteiger partial charge in [0.1, 0.15) is 35.6 Å². The summed E-state index contributed by atoms with van der Waals surface area (Å²) < 4.78 is 10.9. The van der Waals surface area contributed by atoms with E-state index in [4.69, 9.17) is 20.7 Å². The number of ether oxygens (including phenoxy) is 1. The third-order valence-electron chi connectivity index (χ3n) is 3.74. The minimum Gasteiger partial charge on any atom is -0.489 e. The van der Waals surface area contributed by atoms with E-state index in [9.17, 15) is 5.26 Å². The summed E-state index contributed by atoms with van der Waals surface area (Å²) in [4.78, 5) is 7.95. The Bertz CT molecular complexity index is 954. The van der Waals surface area contributed by atoms with Crippen molar-refractivity contribution in [3.05, 3.63) is 46.8 Å². The van der Waals surface area contributed by atoms with Crippen LogP contribution in [0.3, 0.4) is 0 Å². The van der Waals surface area contributed by atoms with E-state index in [0.717, 1.165) is 17.0 Å². The van der Waals surface area contributed by atoms with Gasteiger partial charge < -0.3 is 20.7 Å². The lowest BCUT2D eigenvalue weighted by molar-refractivity contribution is 0.302. The van der Waals surface area contributed by atoms with Gasteiger partial charge >= 0.3 is 0 Å². The molecule has 3 aromatic rings. The zero-order valence-electron chi connectivity index (χ0n) is 13.8. The van der Waals surface area contributed by atoms with Crippen LogP contribution in [-0.4, -0.2) is 15.1 Å². The topological polar surface area (TPSA) is 137 Å². The molecule has 0 saturated heterocycles. The molecule has 8 nitrogen and oxygen atoms in total. The zero-order valence-corrected chi connectivity index (χ0v) is 13.8. The van der Waals surface area contributed by atoms with Gasteiger partial charge in [-0.1, -0.05) is 17.3 Å². The average Bonchev–Trinajstić information content (AvgIpc) is 2.91. The van der Waals surface area contributed by atoms with Crippen molar-refractivity contribution in [1.29, 1.82) is 5.26 Å².